The molecule has 2 aliphatic rings. The minimum Gasteiger partial charge on any atom is -0.396 e. The van der Waals surface area contributed by atoms with Gasteiger partial charge in [-0.2, -0.15) is 0 Å². The van der Waals surface area contributed by atoms with Crippen molar-refractivity contribution in [2.24, 2.45) is 5.92 Å². The Morgan fingerprint density at radius 1 is 1.05 bits per heavy atom. The predicted molar refractivity (Wildman–Crippen MR) is 88.9 cm³/mol. The molecule has 5 nitrogen and oxygen atoms in total. The van der Waals surface area contributed by atoms with Gasteiger partial charge < -0.3 is 20.6 Å². The maximum Gasteiger partial charge on any atom is 0.315 e. The number of urea groups is 1. The van der Waals surface area contributed by atoms with Crippen LogP contribution < -0.4 is 10.6 Å². The molecule has 1 aliphatic heterocycles. The molecular weight excluding hydrogens is 278 g/mol. The van der Waals surface area contributed by atoms with Crippen molar-refractivity contribution in [1.82, 2.24) is 15.5 Å². The van der Waals surface area contributed by atoms with Crippen molar-refractivity contribution in [2.45, 2.75) is 70.4 Å². The van der Waals surface area contributed by atoms with Gasteiger partial charge in [-0.25, -0.2) is 4.79 Å². The van der Waals surface area contributed by atoms with Gasteiger partial charge in [-0.15, -0.1) is 0 Å². The van der Waals surface area contributed by atoms with Gasteiger partial charge in [0.15, 0.2) is 0 Å². The van der Waals surface area contributed by atoms with Crippen LogP contribution in [0.15, 0.2) is 0 Å². The lowest BCUT2D eigenvalue weighted by Gasteiger charge is -2.33. The van der Waals surface area contributed by atoms with Crippen molar-refractivity contribution < 1.29 is 9.90 Å². The van der Waals surface area contributed by atoms with Crippen LogP contribution in [0.2, 0.25) is 0 Å². The lowest BCUT2D eigenvalue weighted by Crippen LogP contribution is -2.50. The summed E-state index contributed by atoms with van der Waals surface area (Å²) in [5, 5.41) is 15.4. The number of likely N-dealkylation sites (tertiary alicyclic amines) is 1. The second kappa shape index (κ2) is 9.36. The summed E-state index contributed by atoms with van der Waals surface area (Å²) in [7, 11) is 0. The Morgan fingerprint density at radius 2 is 1.64 bits per heavy atom. The average molecular weight is 311 g/mol. The highest BCUT2D eigenvalue weighted by molar-refractivity contribution is 5.74. The molecule has 0 aromatic heterocycles. The van der Waals surface area contributed by atoms with Gasteiger partial charge in [0.05, 0.1) is 0 Å². The second-order valence-electron chi connectivity index (χ2n) is 6.99. The molecule has 0 spiro atoms. The third-order valence-corrected chi connectivity index (χ3v) is 5.19. The summed E-state index contributed by atoms with van der Waals surface area (Å²) in [6.07, 6.45) is 8.69. The summed E-state index contributed by atoms with van der Waals surface area (Å²) in [5.74, 6) is 0.438. The van der Waals surface area contributed by atoms with Gasteiger partial charge in [-0.05, 0) is 57.4 Å². The highest BCUT2D eigenvalue weighted by atomic mass is 16.3. The summed E-state index contributed by atoms with van der Waals surface area (Å²) >= 11 is 0. The number of unbranched alkanes of at least 4 members (excludes halogenated alkanes) is 1. The number of rotatable bonds is 6. The molecule has 0 aromatic rings. The lowest BCUT2D eigenvalue weighted by molar-refractivity contribution is 0.170. The Bertz CT molecular complexity index is 322. The topological polar surface area (TPSA) is 64.6 Å². The molecular formula is C17H33N3O2. The molecule has 1 saturated heterocycles. The van der Waals surface area contributed by atoms with Gasteiger partial charge in [-0.1, -0.05) is 13.3 Å². The smallest absolute Gasteiger partial charge is 0.315 e. The van der Waals surface area contributed by atoms with Crippen LogP contribution in [-0.4, -0.2) is 54.4 Å². The van der Waals surface area contributed by atoms with E-state index < -0.39 is 0 Å². The number of piperidine rings is 1. The van der Waals surface area contributed by atoms with E-state index in [1.807, 2.05) is 0 Å². The van der Waals surface area contributed by atoms with E-state index in [4.69, 9.17) is 5.11 Å². The zero-order valence-corrected chi connectivity index (χ0v) is 14.0. The van der Waals surface area contributed by atoms with Crippen molar-refractivity contribution in [3.05, 3.63) is 0 Å². The van der Waals surface area contributed by atoms with Crippen LogP contribution in [0.3, 0.4) is 0 Å². The minimum atomic E-state index is -0.000503. The molecule has 0 atom stereocenters. The van der Waals surface area contributed by atoms with Crippen molar-refractivity contribution in [3.63, 3.8) is 0 Å². The van der Waals surface area contributed by atoms with Gasteiger partial charge in [0.2, 0.25) is 0 Å². The van der Waals surface area contributed by atoms with Gasteiger partial charge in [0, 0.05) is 31.8 Å². The van der Waals surface area contributed by atoms with Gasteiger partial charge in [0.25, 0.3) is 0 Å². The predicted octanol–water partition coefficient (Wildman–Crippen LogP) is 2.10. The molecule has 0 radical (unpaired) electrons. The number of carbonyl (C=O) groups excluding carboxylic acids is 1. The maximum atomic E-state index is 12.1. The van der Waals surface area contributed by atoms with E-state index in [1.54, 1.807) is 0 Å². The second-order valence-corrected chi connectivity index (χ2v) is 6.99. The third kappa shape index (κ3) is 5.76. The number of amides is 2. The number of aliphatic hydroxyl groups excluding tert-OH is 1. The largest absolute Gasteiger partial charge is 0.396 e. The Kier molecular flexibility index (Phi) is 7.46. The first kappa shape index (κ1) is 17.5. The molecule has 22 heavy (non-hydrogen) atoms. The molecule has 3 N–H and O–H groups in total. The summed E-state index contributed by atoms with van der Waals surface area (Å²) in [4.78, 5) is 14.6. The molecule has 0 unspecified atom stereocenters. The summed E-state index contributed by atoms with van der Waals surface area (Å²) < 4.78 is 0. The SMILES string of the molecule is CCCCN1CCC(NC(=O)NC2CCC(CO)CC2)CC1. The molecule has 0 aromatic carbocycles. The molecule has 128 valence electrons. The fourth-order valence-corrected chi connectivity index (χ4v) is 3.58. The minimum absolute atomic E-state index is 0.000503. The van der Waals surface area contributed by atoms with Gasteiger partial charge in [0.1, 0.15) is 0 Å². The number of hydrogen-bond acceptors (Lipinski definition) is 3. The van der Waals surface area contributed by atoms with E-state index in [0.29, 0.717) is 12.0 Å². The van der Waals surface area contributed by atoms with Crippen LogP contribution in [0.5, 0.6) is 0 Å². The summed E-state index contributed by atoms with van der Waals surface area (Å²) in [5.41, 5.74) is 0. The number of carbonyl (C=O) groups is 1. The van der Waals surface area contributed by atoms with E-state index in [-0.39, 0.29) is 18.7 Å². The number of aliphatic hydroxyl groups is 1. The molecule has 0 bridgehead atoms. The average Bonchev–Trinajstić information content (AvgIpc) is 2.55. The standard InChI is InChI=1S/C17H33N3O2/c1-2-3-10-20-11-8-16(9-12-20)19-17(22)18-15-6-4-14(13-21)5-7-15/h14-16,21H,2-13H2,1H3,(H2,18,19,22). The van der Waals surface area contributed by atoms with Crippen molar-refractivity contribution >= 4 is 6.03 Å². The molecule has 5 heteroatoms. The highest BCUT2D eigenvalue weighted by Gasteiger charge is 2.24. The van der Waals surface area contributed by atoms with E-state index in [1.165, 1.54) is 19.4 Å². The summed E-state index contributed by atoms with van der Waals surface area (Å²) in [6, 6.07) is 0.610. The maximum absolute atomic E-state index is 12.1. The van der Waals surface area contributed by atoms with Crippen molar-refractivity contribution in [1.29, 1.82) is 0 Å². The first-order chi connectivity index (χ1) is 10.7. The van der Waals surface area contributed by atoms with E-state index in [9.17, 15) is 4.79 Å². The Hall–Kier alpha value is -0.810. The molecule has 2 fully saturated rings. The zero-order chi connectivity index (χ0) is 15.8. The number of hydrogen-bond donors (Lipinski definition) is 3. The van der Waals surface area contributed by atoms with Crippen LogP contribution >= 0.6 is 0 Å². The van der Waals surface area contributed by atoms with E-state index in [2.05, 4.69) is 22.5 Å². The van der Waals surface area contributed by atoms with Crippen LogP contribution in [0.1, 0.15) is 58.3 Å². The Morgan fingerprint density at radius 3 is 2.18 bits per heavy atom. The molecule has 1 heterocycles. The van der Waals surface area contributed by atoms with Crippen molar-refractivity contribution in [3.8, 4) is 0 Å². The highest BCUT2D eigenvalue weighted by Crippen LogP contribution is 2.23. The first-order valence-corrected chi connectivity index (χ1v) is 9.11. The monoisotopic (exact) mass is 311 g/mol. The van der Waals surface area contributed by atoms with Gasteiger partial charge in [-0.3, -0.25) is 0 Å². The Labute approximate surface area is 134 Å². The first-order valence-electron chi connectivity index (χ1n) is 9.11. The van der Waals surface area contributed by atoms with Crippen molar-refractivity contribution in [2.75, 3.05) is 26.2 Å². The van der Waals surface area contributed by atoms with Gasteiger partial charge >= 0.3 is 6.03 Å². The molecule has 1 saturated carbocycles. The third-order valence-electron chi connectivity index (χ3n) is 5.19. The van der Waals surface area contributed by atoms with Crippen LogP contribution in [0, 0.1) is 5.92 Å². The lowest BCUT2D eigenvalue weighted by atomic mass is 9.87. The van der Waals surface area contributed by atoms with E-state index in [0.717, 1.165) is 51.6 Å². The van der Waals surface area contributed by atoms with Crippen LogP contribution in [0.4, 0.5) is 4.79 Å². The van der Waals surface area contributed by atoms with E-state index >= 15 is 0 Å². The number of nitrogens with zero attached hydrogens (tertiary/aromatic N) is 1. The number of nitrogens with one attached hydrogen (secondary N) is 2. The quantitative estimate of drug-likeness (QED) is 0.704. The molecule has 1 aliphatic carbocycles. The zero-order valence-electron chi connectivity index (χ0n) is 14.0. The molecule has 2 amide bonds. The normalized spacial score (nSPS) is 27.5. The summed E-state index contributed by atoms with van der Waals surface area (Å²) in [6.45, 7) is 5.92. The Balaban J connectivity index is 1.60. The fourth-order valence-electron chi connectivity index (χ4n) is 3.58. The molecule has 2 rings (SSSR count). The fraction of sp³-hybridized carbons (Fsp3) is 0.941. The van der Waals surface area contributed by atoms with Crippen LogP contribution in [0.25, 0.3) is 0 Å². The van der Waals surface area contributed by atoms with Crippen LogP contribution in [-0.2, 0) is 0 Å².